The molecule has 2 rings (SSSR count). The molecule has 0 radical (unpaired) electrons. The van der Waals surface area contributed by atoms with E-state index in [0.717, 1.165) is 19.3 Å². The van der Waals surface area contributed by atoms with Crippen LogP contribution in [0.3, 0.4) is 0 Å². The zero-order valence-electron chi connectivity index (χ0n) is 12.0. The summed E-state index contributed by atoms with van der Waals surface area (Å²) in [5, 5.41) is 12.1. The molecule has 0 unspecified atom stereocenters. The Hall–Kier alpha value is -1.68. The zero-order valence-corrected chi connectivity index (χ0v) is 12.0. The molecule has 2 amide bonds. The Labute approximate surface area is 123 Å². The number of primary amides is 1. The number of nitrogens with one attached hydrogen (secondary N) is 1. The Kier molecular flexibility index (Phi) is 4.78. The van der Waals surface area contributed by atoms with Gasteiger partial charge in [-0.15, -0.1) is 0 Å². The van der Waals surface area contributed by atoms with Crippen molar-refractivity contribution in [3.8, 4) is 6.07 Å². The van der Waals surface area contributed by atoms with Crippen LogP contribution in [0, 0.1) is 11.3 Å². The fraction of sp³-hybridized carbons (Fsp3) is 0.786. The summed E-state index contributed by atoms with van der Waals surface area (Å²) in [6.07, 6.45) is 3.06. The maximum absolute atomic E-state index is 13.4. The first-order valence-corrected chi connectivity index (χ1v) is 7.35. The largest absolute Gasteiger partial charge is 0.368 e. The van der Waals surface area contributed by atoms with Crippen molar-refractivity contribution in [2.75, 3.05) is 13.1 Å². The van der Waals surface area contributed by atoms with Crippen molar-refractivity contribution in [1.29, 1.82) is 5.26 Å². The van der Waals surface area contributed by atoms with Crippen molar-refractivity contribution >= 4 is 11.8 Å². The van der Waals surface area contributed by atoms with Gasteiger partial charge in [-0.25, -0.2) is 4.39 Å². The summed E-state index contributed by atoms with van der Waals surface area (Å²) in [5.41, 5.74) is 4.42. The zero-order chi connectivity index (χ0) is 15.5. The molecule has 0 bridgehead atoms. The highest BCUT2D eigenvalue weighted by atomic mass is 19.1. The lowest BCUT2D eigenvalue weighted by atomic mass is 9.83. The quantitative estimate of drug-likeness (QED) is 0.775. The van der Waals surface area contributed by atoms with Crippen LogP contribution in [0.25, 0.3) is 0 Å². The van der Waals surface area contributed by atoms with E-state index in [1.807, 2.05) is 0 Å². The SMILES string of the molecule is N#CC1(NC(=O)CN2C[C@H](F)C[C@H]2C(N)=O)CCCCC1. The Morgan fingerprint density at radius 1 is 1.38 bits per heavy atom. The number of halogens is 1. The first-order valence-electron chi connectivity index (χ1n) is 7.35. The molecule has 2 atom stereocenters. The van der Waals surface area contributed by atoms with Gasteiger partial charge in [0.05, 0.1) is 18.7 Å². The number of nitrogens with two attached hydrogens (primary N) is 1. The molecule has 7 heteroatoms. The van der Waals surface area contributed by atoms with Gasteiger partial charge in [-0.3, -0.25) is 14.5 Å². The number of amides is 2. The third kappa shape index (κ3) is 3.70. The number of hydrogen-bond donors (Lipinski definition) is 2. The highest BCUT2D eigenvalue weighted by Crippen LogP contribution is 2.27. The lowest BCUT2D eigenvalue weighted by Gasteiger charge is -2.32. The van der Waals surface area contributed by atoms with E-state index in [1.54, 1.807) is 0 Å². The van der Waals surface area contributed by atoms with Gasteiger partial charge in [-0.1, -0.05) is 19.3 Å². The predicted octanol–water partition coefficient (Wildman–Crippen LogP) is 0.227. The van der Waals surface area contributed by atoms with E-state index >= 15 is 0 Å². The van der Waals surface area contributed by atoms with Crippen molar-refractivity contribution < 1.29 is 14.0 Å². The molecule has 2 fully saturated rings. The molecule has 21 heavy (non-hydrogen) atoms. The predicted molar refractivity (Wildman–Crippen MR) is 73.6 cm³/mol. The van der Waals surface area contributed by atoms with Gasteiger partial charge in [-0.05, 0) is 12.8 Å². The van der Waals surface area contributed by atoms with E-state index in [1.165, 1.54) is 4.90 Å². The number of hydrogen-bond acceptors (Lipinski definition) is 4. The number of carbonyl (C=O) groups excluding carboxylic acids is 2. The van der Waals surface area contributed by atoms with E-state index in [9.17, 15) is 19.2 Å². The molecule has 1 heterocycles. The minimum Gasteiger partial charge on any atom is -0.368 e. The average molecular weight is 296 g/mol. The standard InChI is InChI=1S/C14H21FN4O2/c15-10-6-11(13(17)21)19(7-10)8-12(20)18-14(9-16)4-2-1-3-5-14/h10-11H,1-8H2,(H2,17,21)(H,18,20)/t10-,11+/m1/s1. The van der Waals surface area contributed by atoms with Crippen LogP contribution < -0.4 is 11.1 Å². The van der Waals surface area contributed by atoms with Gasteiger partial charge in [0, 0.05) is 13.0 Å². The van der Waals surface area contributed by atoms with E-state index in [4.69, 9.17) is 5.73 Å². The molecule has 116 valence electrons. The second kappa shape index (κ2) is 6.39. The lowest BCUT2D eigenvalue weighted by molar-refractivity contribution is -0.126. The van der Waals surface area contributed by atoms with E-state index in [0.29, 0.717) is 12.8 Å². The van der Waals surface area contributed by atoms with Crippen LogP contribution in [-0.2, 0) is 9.59 Å². The minimum absolute atomic E-state index is 0.0284. The van der Waals surface area contributed by atoms with Crippen LogP contribution in [-0.4, -0.2) is 47.6 Å². The smallest absolute Gasteiger partial charge is 0.235 e. The van der Waals surface area contributed by atoms with Gasteiger partial charge in [0.15, 0.2) is 0 Å². The maximum Gasteiger partial charge on any atom is 0.235 e. The monoisotopic (exact) mass is 296 g/mol. The van der Waals surface area contributed by atoms with E-state index in [2.05, 4.69) is 11.4 Å². The molecule has 3 N–H and O–H groups in total. The van der Waals surface area contributed by atoms with Gasteiger partial charge in [0.25, 0.3) is 0 Å². The van der Waals surface area contributed by atoms with Gasteiger partial charge in [0.1, 0.15) is 11.7 Å². The van der Waals surface area contributed by atoms with Crippen LogP contribution in [0.2, 0.25) is 0 Å². The number of rotatable bonds is 4. The van der Waals surface area contributed by atoms with Crippen molar-refractivity contribution in [2.24, 2.45) is 5.73 Å². The molecule has 1 aliphatic carbocycles. The average Bonchev–Trinajstić information content (AvgIpc) is 2.80. The summed E-state index contributed by atoms with van der Waals surface area (Å²) in [4.78, 5) is 24.9. The van der Waals surface area contributed by atoms with Gasteiger partial charge >= 0.3 is 0 Å². The fourth-order valence-electron chi connectivity index (χ4n) is 3.23. The lowest BCUT2D eigenvalue weighted by Crippen LogP contribution is -2.53. The molecule has 2 aliphatic rings. The van der Waals surface area contributed by atoms with Gasteiger partial charge in [0.2, 0.25) is 11.8 Å². The Balaban J connectivity index is 1.95. The molecule has 1 saturated heterocycles. The topological polar surface area (TPSA) is 99.2 Å². The number of nitriles is 1. The van der Waals surface area contributed by atoms with Gasteiger partial charge < -0.3 is 11.1 Å². The van der Waals surface area contributed by atoms with E-state index in [-0.39, 0.29) is 25.4 Å². The highest BCUT2D eigenvalue weighted by Gasteiger charge is 2.38. The first-order chi connectivity index (χ1) is 9.96. The summed E-state index contributed by atoms with van der Waals surface area (Å²) in [5.74, 6) is -0.964. The van der Waals surface area contributed by atoms with E-state index < -0.39 is 23.7 Å². The molecule has 0 spiro atoms. The first kappa shape index (κ1) is 15.7. The molecule has 1 aliphatic heterocycles. The molecule has 0 aromatic heterocycles. The number of likely N-dealkylation sites (tertiary alicyclic amines) is 1. The highest BCUT2D eigenvalue weighted by molar-refractivity contribution is 5.83. The van der Waals surface area contributed by atoms with Crippen LogP contribution in [0.1, 0.15) is 38.5 Å². The molecule has 0 aromatic carbocycles. The van der Waals surface area contributed by atoms with Crippen molar-refractivity contribution in [1.82, 2.24) is 10.2 Å². The molecule has 0 aromatic rings. The third-order valence-electron chi connectivity index (χ3n) is 4.33. The number of nitrogens with zero attached hydrogens (tertiary/aromatic N) is 2. The molecular weight excluding hydrogens is 275 g/mol. The van der Waals surface area contributed by atoms with Crippen LogP contribution in [0.5, 0.6) is 0 Å². The Bertz CT molecular complexity index is 456. The molecule has 1 saturated carbocycles. The molecular formula is C14H21FN4O2. The third-order valence-corrected chi connectivity index (χ3v) is 4.33. The fourth-order valence-corrected chi connectivity index (χ4v) is 3.23. The van der Waals surface area contributed by atoms with Gasteiger partial charge in [-0.2, -0.15) is 5.26 Å². The van der Waals surface area contributed by atoms with Crippen molar-refractivity contribution in [3.05, 3.63) is 0 Å². The van der Waals surface area contributed by atoms with Crippen molar-refractivity contribution in [2.45, 2.75) is 56.3 Å². The summed E-state index contributed by atoms with van der Waals surface area (Å²) in [6, 6.07) is 1.46. The van der Waals surface area contributed by atoms with Crippen LogP contribution in [0.4, 0.5) is 4.39 Å². The maximum atomic E-state index is 13.4. The minimum atomic E-state index is -1.14. The molecule has 6 nitrogen and oxygen atoms in total. The van der Waals surface area contributed by atoms with Crippen LogP contribution >= 0.6 is 0 Å². The summed E-state index contributed by atoms with van der Waals surface area (Å²) >= 11 is 0. The van der Waals surface area contributed by atoms with Crippen molar-refractivity contribution in [3.63, 3.8) is 0 Å². The second-order valence-corrected chi connectivity index (χ2v) is 5.98. The summed E-state index contributed by atoms with van der Waals surface area (Å²) in [7, 11) is 0. The van der Waals surface area contributed by atoms with Crippen LogP contribution in [0.15, 0.2) is 0 Å². The number of alkyl halides is 1. The normalized spacial score (nSPS) is 28.8. The second-order valence-electron chi connectivity index (χ2n) is 5.98. The Morgan fingerprint density at radius 3 is 2.62 bits per heavy atom. The number of carbonyl (C=O) groups is 2. The summed E-state index contributed by atoms with van der Waals surface area (Å²) < 4.78 is 13.4. The Morgan fingerprint density at radius 2 is 2.05 bits per heavy atom. The summed E-state index contributed by atoms with van der Waals surface area (Å²) in [6.45, 7) is -0.0714.